The van der Waals surface area contributed by atoms with E-state index in [1.165, 1.54) is 5.56 Å². The molecule has 0 aliphatic rings. The van der Waals surface area contributed by atoms with E-state index < -0.39 is 5.97 Å². The average Bonchev–Trinajstić information content (AvgIpc) is 2.18. The summed E-state index contributed by atoms with van der Waals surface area (Å²) in [6, 6.07) is 8.42. The summed E-state index contributed by atoms with van der Waals surface area (Å²) >= 11 is 0. The molecule has 0 saturated heterocycles. The maximum atomic E-state index is 10.5. The van der Waals surface area contributed by atoms with Crippen molar-refractivity contribution in [3.63, 3.8) is 0 Å². The Labute approximate surface area is 103 Å². The average molecular weight is 235 g/mol. The quantitative estimate of drug-likeness (QED) is 0.823. The maximum Gasteiger partial charge on any atom is 0.317 e. The van der Waals surface area contributed by atoms with E-state index in [-0.39, 0.29) is 6.54 Å². The molecule has 0 aromatic heterocycles. The van der Waals surface area contributed by atoms with Gasteiger partial charge in [0.05, 0.1) is 6.54 Å². The van der Waals surface area contributed by atoms with E-state index in [2.05, 4.69) is 38.1 Å². The van der Waals surface area contributed by atoms with Gasteiger partial charge >= 0.3 is 5.97 Å². The van der Waals surface area contributed by atoms with E-state index in [4.69, 9.17) is 5.11 Å². The van der Waals surface area contributed by atoms with Gasteiger partial charge in [0.25, 0.3) is 0 Å². The first-order chi connectivity index (χ1) is 7.97. The molecule has 17 heavy (non-hydrogen) atoms. The molecule has 0 amide bonds. The molecule has 0 bridgehead atoms. The minimum Gasteiger partial charge on any atom is -0.480 e. The molecule has 3 nitrogen and oxygen atoms in total. The molecule has 0 radical (unpaired) electrons. The molecule has 0 fully saturated rings. The van der Waals surface area contributed by atoms with Gasteiger partial charge in [-0.05, 0) is 30.5 Å². The van der Waals surface area contributed by atoms with E-state index in [1.807, 2.05) is 7.05 Å². The highest BCUT2D eigenvalue weighted by molar-refractivity contribution is 5.69. The zero-order chi connectivity index (χ0) is 12.8. The molecular formula is C14H21NO2. The normalized spacial score (nSPS) is 11.1. The molecular weight excluding hydrogens is 214 g/mol. The lowest BCUT2D eigenvalue weighted by molar-refractivity contribution is -0.138. The summed E-state index contributed by atoms with van der Waals surface area (Å²) < 4.78 is 0. The monoisotopic (exact) mass is 235 g/mol. The van der Waals surface area contributed by atoms with Gasteiger partial charge in [-0.15, -0.1) is 0 Å². The smallest absolute Gasteiger partial charge is 0.317 e. The molecule has 0 aliphatic carbocycles. The van der Waals surface area contributed by atoms with Crippen LogP contribution < -0.4 is 0 Å². The lowest BCUT2D eigenvalue weighted by Crippen LogP contribution is -2.25. The number of carboxylic acids is 1. The van der Waals surface area contributed by atoms with Gasteiger partial charge in [-0.3, -0.25) is 9.69 Å². The van der Waals surface area contributed by atoms with E-state index >= 15 is 0 Å². The second kappa shape index (κ2) is 6.40. The van der Waals surface area contributed by atoms with Gasteiger partial charge in [-0.25, -0.2) is 0 Å². The van der Waals surface area contributed by atoms with Crippen LogP contribution in [0.2, 0.25) is 0 Å². The summed E-state index contributed by atoms with van der Waals surface area (Å²) in [5.74, 6) is -0.125. The molecule has 1 aromatic rings. The van der Waals surface area contributed by atoms with Crippen molar-refractivity contribution in [1.82, 2.24) is 4.90 Å². The summed E-state index contributed by atoms with van der Waals surface area (Å²) in [7, 11) is 1.82. The van der Waals surface area contributed by atoms with Crippen LogP contribution in [0, 0.1) is 5.92 Å². The van der Waals surface area contributed by atoms with E-state index in [0.717, 1.165) is 12.0 Å². The fourth-order valence-corrected chi connectivity index (χ4v) is 1.85. The van der Waals surface area contributed by atoms with Crippen molar-refractivity contribution in [2.24, 2.45) is 5.92 Å². The standard InChI is InChI=1S/C14H21NO2/c1-11(2)8-12-4-6-13(7-5-12)9-15(3)10-14(16)17/h4-7,11H,8-10H2,1-3H3,(H,16,17). The molecule has 1 N–H and O–H groups in total. The molecule has 94 valence electrons. The second-order valence-electron chi connectivity index (χ2n) is 4.98. The van der Waals surface area contributed by atoms with Gasteiger partial charge < -0.3 is 5.11 Å². The van der Waals surface area contributed by atoms with E-state index in [0.29, 0.717) is 12.5 Å². The predicted molar refractivity (Wildman–Crippen MR) is 69.0 cm³/mol. The van der Waals surface area contributed by atoms with Crippen molar-refractivity contribution in [3.8, 4) is 0 Å². The number of hydrogen-bond donors (Lipinski definition) is 1. The van der Waals surface area contributed by atoms with Gasteiger partial charge in [0.15, 0.2) is 0 Å². The van der Waals surface area contributed by atoms with Crippen LogP contribution in [-0.4, -0.2) is 29.6 Å². The molecule has 0 saturated carbocycles. The number of likely N-dealkylation sites (N-methyl/N-ethyl adjacent to an activating group) is 1. The van der Waals surface area contributed by atoms with Crippen LogP contribution in [0.4, 0.5) is 0 Å². The van der Waals surface area contributed by atoms with Gasteiger partial charge in [-0.1, -0.05) is 38.1 Å². The number of rotatable bonds is 6. The summed E-state index contributed by atoms with van der Waals surface area (Å²) in [6.07, 6.45) is 1.09. The van der Waals surface area contributed by atoms with Crippen molar-refractivity contribution in [2.45, 2.75) is 26.8 Å². The van der Waals surface area contributed by atoms with Crippen LogP contribution >= 0.6 is 0 Å². The van der Waals surface area contributed by atoms with E-state index in [9.17, 15) is 4.79 Å². The molecule has 3 heteroatoms. The Morgan fingerprint density at radius 3 is 2.24 bits per heavy atom. The van der Waals surface area contributed by atoms with Crippen molar-refractivity contribution in [1.29, 1.82) is 0 Å². The molecule has 0 aliphatic heterocycles. The number of nitrogens with zero attached hydrogens (tertiary/aromatic N) is 1. The molecule has 1 aromatic carbocycles. The van der Waals surface area contributed by atoms with Crippen molar-refractivity contribution >= 4 is 5.97 Å². The van der Waals surface area contributed by atoms with Gasteiger partial charge in [0.1, 0.15) is 0 Å². The highest BCUT2D eigenvalue weighted by Gasteiger charge is 2.05. The third-order valence-corrected chi connectivity index (χ3v) is 2.52. The Bertz CT molecular complexity index is 357. The zero-order valence-corrected chi connectivity index (χ0v) is 10.8. The van der Waals surface area contributed by atoms with Gasteiger partial charge in [0.2, 0.25) is 0 Å². The number of carboxylic acid groups (broad SMARTS) is 1. The van der Waals surface area contributed by atoms with Crippen LogP contribution in [0.1, 0.15) is 25.0 Å². The first-order valence-electron chi connectivity index (χ1n) is 5.95. The predicted octanol–water partition coefficient (Wildman–Crippen LogP) is 2.40. The minimum absolute atomic E-state index is 0.0771. The lowest BCUT2D eigenvalue weighted by atomic mass is 10.0. The lowest BCUT2D eigenvalue weighted by Gasteiger charge is -2.14. The number of hydrogen-bond acceptors (Lipinski definition) is 2. The molecule has 0 spiro atoms. The van der Waals surface area contributed by atoms with Crippen LogP contribution in [0.25, 0.3) is 0 Å². The Kier molecular flexibility index (Phi) is 5.16. The summed E-state index contributed by atoms with van der Waals surface area (Å²) in [5, 5.41) is 8.66. The van der Waals surface area contributed by atoms with Crippen molar-refractivity contribution < 1.29 is 9.90 Å². The fourth-order valence-electron chi connectivity index (χ4n) is 1.85. The fraction of sp³-hybridized carbons (Fsp3) is 0.500. The van der Waals surface area contributed by atoms with Gasteiger partial charge in [0, 0.05) is 6.54 Å². The molecule has 0 atom stereocenters. The Morgan fingerprint density at radius 2 is 1.76 bits per heavy atom. The number of benzene rings is 1. The Hall–Kier alpha value is -1.35. The summed E-state index contributed by atoms with van der Waals surface area (Å²) in [6.45, 7) is 5.16. The van der Waals surface area contributed by atoms with Gasteiger partial charge in [-0.2, -0.15) is 0 Å². The summed E-state index contributed by atoms with van der Waals surface area (Å²) in [4.78, 5) is 12.3. The third kappa shape index (κ3) is 5.50. The topological polar surface area (TPSA) is 40.5 Å². The Balaban J connectivity index is 2.53. The first kappa shape index (κ1) is 13.7. The second-order valence-corrected chi connectivity index (χ2v) is 4.98. The van der Waals surface area contributed by atoms with Crippen LogP contribution in [0.15, 0.2) is 24.3 Å². The number of carbonyl (C=O) groups is 1. The molecule has 0 heterocycles. The van der Waals surface area contributed by atoms with Crippen LogP contribution in [-0.2, 0) is 17.8 Å². The largest absolute Gasteiger partial charge is 0.480 e. The SMILES string of the molecule is CC(C)Cc1ccc(CN(C)CC(=O)O)cc1. The number of aliphatic carboxylic acids is 1. The van der Waals surface area contributed by atoms with Crippen LogP contribution in [0.5, 0.6) is 0 Å². The van der Waals surface area contributed by atoms with Crippen molar-refractivity contribution in [3.05, 3.63) is 35.4 Å². The Morgan fingerprint density at radius 1 is 1.24 bits per heavy atom. The highest BCUT2D eigenvalue weighted by atomic mass is 16.4. The first-order valence-corrected chi connectivity index (χ1v) is 5.95. The highest BCUT2D eigenvalue weighted by Crippen LogP contribution is 2.10. The van der Waals surface area contributed by atoms with Crippen molar-refractivity contribution in [2.75, 3.05) is 13.6 Å². The zero-order valence-electron chi connectivity index (χ0n) is 10.8. The summed E-state index contributed by atoms with van der Waals surface area (Å²) in [5.41, 5.74) is 2.49. The minimum atomic E-state index is -0.788. The molecule has 0 unspecified atom stereocenters. The third-order valence-electron chi connectivity index (χ3n) is 2.52. The van der Waals surface area contributed by atoms with Crippen LogP contribution in [0.3, 0.4) is 0 Å². The molecule has 1 rings (SSSR count). The maximum absolute atomic E-state index is 10.5. The van der Waals surface area contributed by atoms with E-state index in [1.54, 1.807) is 4.90 Å².